The van der Waals surface area contributed by atoms with Gasteiger partial charge < -0.3 is 18.8 Å². The third-order valence-electron chi connectivity index (χ3n) is 7.05. The quantitative estimate of drug-likeness (QED) is 0.191. The molecule has 1 aromatic carbocycles. The smallest absolute Gasteiger partial charge is 0.333 e. The number of carbonyl (C=O) groups is 2. The fraction of sp³-hybridized carbons (Fsp3) is 0.615. The summed E-state index contributed by atoms with van der Waals surface area (Å²) in [7, 11) is -0.444. The number of carbonyl (C=O) groups excluding carboxylic acids is 2. The van der Waals surface area contributed by atoms with Gasteiger partial charge in [0.2, 0.25) is 5.91 Å². The number of nitrogens with zero attached hydrogens (tertiary/aromatic N) is 1. The van der Waals surface area contributed by atoms with Crippen molar-refractivity contribution in [3.8, 4) is 5.75 Å². The molecule has 0 bridgehead atoms. The highest BCUT2D eigenvalue weighted by Gasteiger charge is 2.54. The van der Waals surface area contributed by atoms with Crippen molar-refractivity contribution in [2.75, 3.05) is 18.6 Å². The average molecular weight is 476 g/mol. The van der Waals surface area contributed by atoms with E-state index in [0.717, 1.165) is 11.4 Å². The van der Waals surface area contributed by atoms with Crippen molar-refractivity contribution in [3.05, 3.63) is 36.4 Å². The standard InChI is InChI=1S/C26H41NO5Si/c1-11-31-25(29)18(3)16-17(2)23-22(19(4)32-33(9,10)26(5,6)7)24(28)27(23)20-12-14-21(30-8)15-13-20/h12-15,17,19,22-23H,3,11,16H2,1-2,4-10H3/t17-,19-,22?,23?/m1/s1. The third kappa shape index (κ3) is 5.87. The Morgan fingerprint density at radius 3 is 2.24 bits per heavy atom. The molecule has 1 saturated heterocycles. The van der Waals surface area contributed by atoms with Crippen LogP contribution in [0.4, 0.5) is 5.69 Å². The van der Waals surface area contributed by atoms with Crippen LogP contribution in [0, 0.1) is 11.8 Å². The van der Waals surface area contributed by atoms with Gasteiger partial charge in [-0.25, -0.2) is 4.79 Å². The van der Waals surface area contributed by atoms with Crippen LogP contribution in [0.25, 0.3) is 0 Å². The Balaban J connectivity index is 2.32. The molecule has 1 aromatic rings. The first-order chi connectivity index (χ1) is 15.2. The van der Waals surface area contributed by atoms with E-state index >= 15 is 0 Å². The maximum absolute atomic E-state index is 13.4. The van der Waals surface area contributed by atoms with Gasteiger partial charge in [-0.2, -0.15) is 0 Å². The van der Waals surface area contributed by atoms with Gasteiger partial charge >= 0.3 is 5.97 Å². The van der Waals surface area contributed by atoms with E-state index in [1.807, 2.05) is 36.1 Å². The van der Waals surface area contributed by atoms with Crippen LogP contribution >= 0.6 is 0 Å². The molecule has 6 nitrogen and oxygen atoms in total. The molecule has 0 N–H and O–H groups in total. The first-order valence-electron chi connectivity index (χ1n) is 11.7. The summed E-state index contributed by atoms with van der Waals surface area (Å²) in [6.45, 7) is 21.1. The van der Waals surface area contributed by atoms with Crippen LogP contribution in [-0.4, -0.2) is 46.1 Å². The number of anilines is 1. The highest BCUT2D eigenvalue weighted by molar-refractivity contribution is 6.74. The van der Waals surface area contributed by atoms with E-state index in [1.165, 1.54) is 0 Å². The zero-order chi connectivity index (χ0) is 25.1. The first-order valence-corrected chi connectivity index (χ1v) is 14.7. The Kier molecular flexibility index (Phi) is 8.57. The SMILES string of the molecule is C=C(C[C@@H](C)C1C([C@@H](C)O[Si](C)(C)C(C)(C)C)C(=O)N1c1ccc(OC)cc1)C(=O)OCC. The predicted molar refractivity (Wildman–Crippen MR) is 135 cm³/mol. The fourth-order valence-corrected chi connectivity index (χ4v) is 5.63. The Morgan fingerprint density at radius 2 is 1.76 bits per heavy atom. The van der Waals surface area contributed by atoms with Crippen molar-refractivity contribution in [1.82, 2.24) is 0 Å². The molecule has 0 aromatic heterocycles. The topological polar surface area (TPSA) is 65.1 Å². The lowest BCUT2D eigenvalue weighted by Gasteiger charge is -2.53. The molecule has 4 atom stereocenters. The van der Waals surface area contributed by atoms with E-state index in [1.54, 1.807) is 14.0 Å². The molecule has 2 unspecified atom stereocenters. The molecule has 1 aliphatic rings. The largest absolute Gasteiger partial charge is 0.497 e. The molecular formula is C26H41NO5Si. The van der Waals surface area contributed by atoms with E-state index in [9.17, 15) is 9.59 Å². The van der Waals surface area contributed by atoms with Crippen LogP contribution in [0.5, 0.6) is 5.75 Å². The normalized spacial score (nSPS) is 20.6. The molecule has 1 amide bonds. The number of esters is 1. The molecule has 33 heavy (non-hydrogen) atoms. The average Bonchev–Trinajstić information content (AvgIpc) is 2.71. The van der Waals surface area contributed by atoms with Crippen LogP contribution in [0.3, 0.4) is 0 Å². The van der Waals surface area contributed by atoms with E-state index in [4.69, 9.17) is 13.9 Å². The van der Waals surface area contributed by atoms with Crippen LogP contribution in [0.2, 0.25) is 18.1 Å². The molecule has 1 fully saturated rings. The van der Waals surface area contributed by atoms with Gasteiger partial charge in [-0.05, 0) is 68.6 Å². The highest BCUT2D eigenvalue weighted by Crippen LogP contribution is 2.44. The molecule has 1 heterocycles. The number of amides is 1. The minimum absolute atomic E-state index is 0.00262. The van der Waals surface area contributed by atoms with Crippen LogP contribution in [-0.2, 0) is 18.8 Å². The number of hydrogen-bond donors (Lipinski definition) is 0. The highest BCUT2D eigenvalue weighted by atomic mass is 28.4. The van der Waals surface area contributed by atoms with Crippen molar-refractivity contribution in [3.63, 3.8) is 0 Å². The predicted octanol–water partition coefficient (Wildman–Crippen LogP) is 5.58. The van der Waals surface area contributed by atoms with Gasteiger partial charge in [-0.1, -0.05) is 34.3 Å². The second-order valence-corrected chi connectivity index (χ2v) is 15.3. The number of β-lactam (4-membered cyclic amide) rings is 1. The van der Waals surface area contributed by atoms with Crippen LogP contribution in [0.15, 0.2) is 36.4 Å². The minimum Gasteiger partial charge on any atom is -0.497 e. The molecule has 0 aliphatic carbocycles. The lowest BCUT2D eigenvalue weighted by Crippen LogP contribution is -2.68. The van der Waals surface area contributed by atoms with Crippen molar-refractivity contribution >= 4 is 25.9 Å². The monoisotopic (exact) mass is 475 g/mol. The molecule has 7 heteroatoms. The maximum Gasteiger partial charge on any atom is 0.333 e. The van der Waals surface area contributed by atoms with Gasteiger partial charge in [0.15, 0.2) is 8.32 Å². The molecule has 0 saturated carbocycles. The number of hydrogen-bond acceptors (Lipinski definition) is 5. The summed E-state index contributed by atoms with van der Waals surface area (Å²) >= 11 is 0. The van der Waals surface area contributed by atoms with E-state index in [2.05, 4.69) is 47.4 Å². The van der Waals surface area contributed by atoms with E-state index in [0.29, 0.717) is 18.6 Å². The van der Waals surface area contributed by atoms with Crippen LogP contribution < -0.4 is 9.64 Å². The second kappa shape index (κ2) is 10.4. The van der Waals surface area contributed by atoms with Gasteiger partial charge in [-0.15, -0.1) is 0 Å². The summed E-state index contributed by atoms with van der Waals surface area (Å²) in [4.78, 5) is 27.5. The summed E-state index contributed by atoms with van der Waals surface area (Å²) in [5, 5.41) is 0.0447. The molecule has 1 aliphatic heterocycles. The number of methoxy groups -OCH3 is 1. The lowest BCUT2D eigenvalue weighted by molar-refractivity contribution is -0.138. The number of benzene rings is 1. The molecule has 2 rings (SSSR count). The Bertz CT molecular complexity index is 858. The Hall–Kier alpha value is -2.12. The number of ether oxygens (including phenoxy) is 2. The zero-order valence-corrected chi connectivity index (χ0v) is 22.7. The maximum atomic E-state index is 13.4. The van der Waals surface area contributed by atoms with Crippen molar-refractivity contribution in [2.45, 2.75) is 78.2 Å². The zero-order valence-electron chi connectivity index (χ0n) is 21.7. The number of rotatable bonds is 10. The summed E-state index contributed by atoms with van der Waals surface area (Å²) in [6, 6.07) is 7.38. The van der Waals surface area contributed by atoms with Crippen molar-refractivity contribution in [1.29, 1.82) is 0 Å². The van der Waals surface area contributed by atoms with Gasteiger partial charge in [0.25, 0.3) is 0 Å². The molecule has 184 valence electrons. The third-order valence-corrected chi connectivity index (χ3v) is 11.6. The van der Waals surface area contributed by atoms with Gasteiger partial charge in [0, 0.05) is 11.3 Å². The van der Waals surface area contributed by atoms with Crippen LogP contribution in [0.1, 0.15) is 48.0 Å². The van der Waals surface area contributed by atoms with E-state index in [-0.39, 0.29) is 40.9 Å². The van der Waals surface area contributed by atoms with E-state index < -0.39 is 8.32 Å². The first kappa shape index (κ1) is 27.1. The summed E-state index contributed by atoms with van der Waals surface area (Å²) in [5.74, 6) is 0.111. The second-order valence-electron chi connectivity index (χ2n) is 10.5. The molecular weight excluding hydrogens is 434 g/mol. The van der Waals surface area contributed by atoms with Crippen molar-refractivity contribution < 1.29 is 23.5 Å². The molecule has 0 spiro atoms. The fourth-order valence-electron chi connectivity index (χ4n) is 4.20. The van der Waals surface area contributed by atoms with Gasteiger partial charge in [0.1, 0.15) is 5.75 Å². The Labute approximate surface area is 200 Å². The van der Waals surface area contributed by atoms with Gasteiger partial charge in [0.05, 0.1) is 31.8 Å². The summed E-state index contributed by atoms with van der Waals surface area (Å²) < 4.78 is 17.0. The van der Waals surface area contributed by atoms with Crippen molar-refractivity contribution in [2.24, 2.45) is 11.8 Å². The minimum atomic E-state index is -2.06. The molecule has 0 radical (unpaired) electrons. The lowest BCUT2D eigenvalue weighted by atomic mass is 9.74. The summed E-state index contributed by atoms with van der Waals surface area (Å²) in [6.07, 6.45) is 0.225. The van der Waals surface area contributed by atoms with Gasteiger partial charge in [-0.3, -0.25) is 4.79 Å². The summed E-state index contributed by atoms with van der Waals surface area (Å²) in [5.41, 5.74) is 1.24. The Morgan fingerprint density at radius 1 is 1.18 bits per heavy atom.